The SMILES string of the molecule is CCOC(=O)c1cc(N)cc(Cl)c1N1CCCCC1. The lowest BCUT2D eigenvalue weighted by Gasteiger charge is -2.31. The number of nitrogens with two attached hydrogens (primary N) is 1. The lowest BCUT2D eigenvalue weighted by atomic mass is 10.1. The molecule has 0 spiro atoms. The van der Waals surface area contributed by atoms with Gasteiger partial charge in [-0.05, 0) is 38.3 Å². The zero-order valence-electron chi connectivity index (χ0n) is 11.1. The fraction of sp³-hybridized carbons (Fsp3) is 0.500. The minimum absolute atomic E-state index is 0.338. The number of piperidine rings is 1. The summed E-state index contributed by atoms with van der Waals surface area (Å²) < 4.78 is 5.09. The van der Waals surface area contributed by atoms with Crippen molar-refractivity contribution in [2.24, 2.45) is 0 Å². The predicted octanol–water partition coefficient (Wildman–Crippen LogP) is 3.09. The summed E-state index contributed by atoms with van der Waals surface area (Å²) in [5, 5.41) is 0.518. The number of nitrogen functional groups attached to an aromatic ring is 1. The number of rotatable bonds is 3. The second-order valence-electron chi connectivity index (χ2n) is 4.67. The van der Waals surface area contributed by atoms with E-state index in [-0.39, 0.29) is 5.97 Å². The van der Waals surface area contributed by atoms with Gasteiger partial charge in [-0.3, -0.25) is 0 Å². The van der Waals surface area contributed by atoms with Crippen LogP contribution in [0.25, 0.3) is 0 Å². The maximum Gasteiger partial charge on any atom is 0.340 e. The zero-order valence-corrected chi connectivity index (χ0v) is 11.9. The lowest BCUT2D eigenvalue weighted by Crippen LogP contribution is -2.31. The molecule has 1 aromatic rings. The van der Waals surface area contributed by atoms with Gasteiger partial charge in [-0.2, -0.15) is 0 Å². The van der Waals surface area contributed by atoms with Crippen LogP contribution in [-0.2, 0) is 4.74 Å². The smallest absolute Gasteiger partial charge is 0.340 e. The highest BCUT2D eigenvalue weighted by Gasteiger charge is 2.22. The van der Waals surface area contributed by atoms with Crippen molar-refractivity contribution in [1.29, 1.82) is 0 Å². The Labute approximate surface area is 118 Å². The highest BCUT2D eigenvalue weighted by atomic mass is 35.5. The lowest BCUT2D eigenvalue weighted by molar-refractivity contribution is 0.0527. The van der Waals surface area contributed by atoms with E-state index in [4.69, 9.17) is 22.1 Å². The van der Waals surface area contributed by atoms with Gasteiger partial charge in [0.1, 0.15) is 0 Å². The van der Waals surface area contributed by atoms with Crippen LogP contribution < -0.4 is 10.6 Å². The molecule has 1 fully saturated rings. The number of carbonyl (C=O) groups excluding carboxylic acids is 1. The van der Waals surface area contributed by atoms with E-state index in [1.54, 1.807) is 19.1 Å². The summed E-state index contributed by atoms with van der Waals surface area (Å²) in [5.74, 6) is -0.364. The van der Waals surface area contributed by atoms with Crippen molar-refractivity contribution >= 4 is 28.9 Å². The summed E-state index contributed by atoms with van der Waals surface area (Å²) in [6.07, 6.45) is 3.45. The third kappa shape index (κ3) is 3.13. The van der Waals surface area contributed by atoms with Gasteiger partial charge in [0, 0.05) is 18.8 Å². The molecule has 19 heavy (non-hydrogen) atoms. The van der Waals surface area contributed by atoms with Gasteiger partial charge < -0.3 is 15.4 Å². The summed E-state index contributed by atoms with van der Waals surface area (Å²) in [5.41, 5.74) is 7.49. The third-order valence-electron chi connectivity index (χ3n) is 3.25. The topological polar surface area (TPSA) is 55.6 Å². The van der Waals surface area contributed by atoms with Crippen LogP contribution in [0.1, 0.15) is 36.5 Å². The Morgan fingerprint density at radius 1 is 1.37 bits per heavy atom. The van der Waals surface area contributed by atoms with Crippen LogP contribution in [0.15, 0.2) is 12.1 Å². The fourth-order valence-corrected chi connectivity index (χ4v) is 2.77. The van der Waals surface area contributed by atoms with Gasteiger partial charge >= 0.3 is 5.97 Å². The van der Waals surface area contributed by atoms with Gasteiger partial charge in [0.05, 0.1) is 22.9 Å². The molecular formula is C14H19ClN2O2. The fourth-order valence-electron chi connectivity index (χ4n) is 2.42. The number of benzene rings is 1. The Hall–Kier alpha value is -1.42. The number of nitrogens with zero attached hydrogens (tertiary/aromatic N) is 1. The van der Waals surface area contributed by atoms with Crippen LogP contribution in [0, 0.1) is 0 Å². The molecular weight excluding hydrogens is 264 g/mol. The van der Waals surface area contributed by atoms with Crippen LogP contribution in [0.5, 0.6) is 0 Å². The van der Waals surface area contributed by atoms with E-state index in [2.05, 4.69) is 4.90 Å². The van der Waals surface area contributed by atoms with Gasteiger partial charge in [0.25, 0.3) is 0 Å². The molecule has 5 heteroatoms. The molecule has 1 saturated heterocycles. The van der Waals surface area contributed by atoms with Crippen LogP contribution in [0.3, 0.4) is 0 Å². The highest BCUT2D eigenvalue weighted by Crippen LogP contribution is 2.34. The van der Waals surface area contributed by atoms with E-state index in [0.717, 1.165) is 31.6 Å². The first-order chi connectivity index (χ1) is 9.13. The standard InChI is InChI=1S/C14H19ClN2O2/c1-2-19-14(18)11-8-10(16)9-12(15)13(11)17-6-4-3-5-7-17/h8-9H,2-7,16H2,1H3. The molecule has 2 rings (SSSR count). The first kappa shape index (κ1) is 14.0. The largest absolute Gasteiger partial charge is 0.462 e. The number of carbonyl (C=O) groups is 1. The minimum atomic E-state index is -0.364. The minimum Gasteiger partial charge on any atom is -0.462 e. The maximum atomic E-state index is 12.0. The van der Waals surface area contributed by atoms with Crippen molar-refractivity contribution in [3.63, 3.8) is 0 Å². The van der Waals surface area contributed by atoms with Crippen LogP contribution in [-0.4, -0.2) is 25.7 Å². The number of halogens is 1. The zero-order chi connectivity index (χ0) is 13.8. The van der Waals surface area contributed by atoms with Crippen molar-refractivity contribution in [3.05, 3.63) is 22.7 Å². The summed E-state index contributed by atoms with van der Waals surface area (Å²) >= 11 is 6.28. The molecule has 0 aliphatic carbocycles. The van der Waals surface area contributed by atoms with Crippen molar-refractivity contribution < 1.29 is 9.53 Å². The maximum absolute atomic E-state index is 12.0. The average Bonchev–Trinajstić information content (AvgIpc) is 2.39. The quantitative estimate of drug-likeness (QED) is 0.684. The van der Waals surface area contributed by atoms with Crippen LogP contribution >= 0.6 is 11.6 Å². The molecule has 1 aliphatic heterocycles. The second-order valence-corrected chi connectivity index (χ2v) is 5.07. The molecule has 0 radical (unpaired) electrons. The molecule has 1 aliphatic rings. The van der Waals surface area contributed by atoms with Gasteiger partial charge in [0.15, 0.2) is 0 Å². The van der Waals surface area contributed by atoms with Gasteiger partial charge in [-0.1, -0.05) is 11.6 Å². The average molecular weight is 283 g/mol. The Balaban J connectivity index is 2.41. The molecule has 0 amide bonds. The number of hydrogen-bond acceptors (Lipinski definition) is 4. The van der Waals surface area contributed by atoms with Crippen molar-refractivity contribution in [1.82, 2.24) is 0 Å². The van der Waals surface area contributed by atoms with Crippen molar-refractivity contribution in [3.8, 4) is 0 Å². The Kier molecular flexibility index (Phi) is 4.53. The Bertz CT molecular complexity index is 471. The Morgan fingerprint density at radius 3 is 2.68 bits per heavy atom. The first-order valence-corrected chi connectivity index (χ1v) is 7.02. The molecule has 104 valence electrons. The molecule has 0 bridgehead atoms. The highest BCUT2D eigenvalue weighted by molar-refractivity contribution is 6.34. The number of anilines is 2. The van der Waals surface area contributed by atoms with E-state index in [1.807, 2.05) is 0 Å². The van der Waals surface area contributed by atoms with Crippen molar-refractivity contribution in [2.45, 2.75) is 26.2 Å². The number of ether oxygens (including phenoxy) is 1. The summed E-state index contributed by atoms with van der Waals surface area (Å²) in [7, 11) is 0. The van der Waals surface area contributed by atoms with Gasteiger partial charge in [0.2, 0.25) is 0 Å². The first-order valence-electron chi connectivity index (χ1n) is 6.64. The molecule has 4 nitrogen and oxygen atoms in total. The van der Waals surface area contributed by atoms with E-state index < -0.39 is 0 Å². The van der Waals surface area contributed by atoms with E-state index in [0.29, 0.717) is 22.9 Å². The van der Waals surface area contributed by atoms with Gasteiger partial charge in [-0.15, -0.1) is 0 Å². The third-order valence-corrected chi connectivity index (χ3v) is 3.54. The van der Waals surface area contributed by atoms with Crippen molar-refractivity contribution in [2.75, 3.05) is 30.3 Å². The molecule has 0 unspecified atom stereocenters. The van der Waals surface area contributed by atoms with E-state index >= 15 is 0 Å². The predicted molar refractivity (Wildman–Crippen MR) is 77.9 cm³/mol. The molecule has 0 aromatic heterocycles. The summed E-state index contributed by atoms with van der Waals surface area (Å²) in [4.78, 5) is 14.2. The Morgan fingerprint density at radius 2 is 2.05 bits per heavy atom. The molecule has 0 atom stereocenters. The van der Waals surface area contributed by atoms with Crippen LogP contribution in [0.4, 0.5) is 11.4 Å². The summed E-state index contributed by atoms with van der Waals surface area (Å²) in [6.45, 7) is 3.95. The molecule has 1 heterocycles. The normalized spacial score (nSPS) is 15.4. The molecule has 0 saturated carbocycles. The van der Waals surface area contributed by atoms with Gasteiger partial charge in [-0.25, -0.2) is 4.79 Å². The summed E-state index contributed by atoms with van der Waals surface area (Å²) in [6, 6.07) is 3.34. The number of esters is 1. The molecule has 2 N–H and O–H groups in total. The van der Waals surface area contributed by atoms with E-state index in [9.17, 15) is 4.79 Å². The number of hydrogen-bond donors (Lipinski definition) is 1. The van der Waals surface area contributed by atoms with E-state index in [1.165, 1.54) is 6.42 Å². The second kappa shape index (κ2) is 6.15. The molecule has 1 aromatic carbocycles. The monoisotopic (exact) mass is 282 g/mol. The van der Waals surface area contributed by atoms with Crippen LogP contribution in [0.2, 0.25) is 5.02 Å².